The van der Waals surface area contributed by atoms with Gasteiger partial charge in [0, 0.05) is 19.4 Å². The Morgan fingerprint density at radius 1 is 1.27 bits per heavy atom. The molecule has 0 aromatic heterocycles. The highest BCUT2D eigenvalue weighted by Crippen LogP contribution is 2.34. The monoisotopic (exact) mass is 155 g/mol. The Hall–Kier alpha value is -0.410. The van der Waals surface area contributed by atoms with Crippen molar-refractivity contribution in [1.29, 1.82) is 0 Å². The summed E-state index contributed by atoms with van der Waals surface area (Å²) in [5, 5.41) is 0. The Labute approximate surface area is 66.1 Å². The van der Waals surface area contributed by atoms with Crippen molar-refractivity contribution in [2.24, 2.45) is 0 Å². The van der Waals surface area contributed by atoms with Crippen LogP contribution in [0.2, 0.25) is 0 Å². The van der Waals surface area contributed by atoms with Crippen molar-refractivity contribution in [3.63, 3.8) is 0 Å². The van der Waals surface area contributed by atoms with Gasteiger partial charge in [-0.15, -0.1) is 0 Å². The SMILES string of the molecule is O=C1CCC2(CCNO2)CC1. The van der Waals surface area contributed by atoms with E-state index >= 15 is 0 Å². The third-order valence-corrected chi connectivity index (χ3v) is 2.69. The van der Waals surface area contributed by atoms with Crippen molar-refractivity contribution in [1.82, 2.24) is 5.48 Å². The Bertz CT molecular complexity index is 161. The van der Waals surface area contributed by atoms with Crippen LogP contribution in [0.4, 0.5) is 0 Å². The van der Waals surface area contributed by atoms with Gasteiger partial charge in [0.2, 0.25) is 0 Å². The summed E-state index contributed by atoms with van der Waals surface area (Å²) in [7, 11) is 0. The van der Waals surface area contributed by atoms with E-state index in [-0.39, 0.29) is 5.60 Å². The Kier molecular flexibility index (Phi) is 1.69. The molecule has 0 bridgehead atoms. The first-order valence-electron chi connectivity index (χ1n) is 4.23. The van der Waals surface area contributed by atoms with Gasteiger partial charge in [0.25, 0.3) is 0 Å². The van der Waals surface area contributed by atoms with Crippen molar-refractivity contribution < 1.29 is 9.63 Å². The van der Waals surface area contributed by atoms with Crippen LogP contribution in [0.5, 0.6) is 0 Å². The largest absolute Gasteiger partial charge is 0.300 e. The van der Waals surface area contributed by atoms with Crippen LogP contribution in [-0.2, 0) is 9.63 Å². The number of ketones is 1. The topological polar surface area (TPSA) is 38.3 Å². The van der Waals surface area contributed by atoms with Gasteiger partial charge in [-0.05, 0) is 19.3 Å². The molecule has 11 heavy (non-hydrogen) atoms. The molecule has 1 saturated heterocycles. The molecule has 1 N–H and O–H groups in total. The summed E-state index contributed by atoms with van der Waals surface area (Å²) in [6, 6.07) is 0. The first-order valence-corrected chi connectivity index (χ1v) is 4.23. The number of rotatable bonds is 0. The zero-order chi connectivity index (χ0) is 7.73. The lowest BCUT2D eigenvalue weighted by molar-refractivity contribution is -0.129. The quantitative estimate of drug-likeness (QED) is 0.562. The molecule has 0 amide bonds. The highest BCUT2D eigenvalue weighted by Gasteiger charge is 2.38. The summed E-state index contributed by atoms with van der Waals surface area (Å²) in [4.78, 5) is 16.4. The Morgan fingerprint density at radius 3 is 2.55 bits per heavy atom. The summed E-state index contributed by atoms with van der Waals surface area (Å²) in [6.45, 7) is 0.939. The fourth-order valence-electron chi connectivity index (χ4n) is 1.87. The minimum Gasteiger partial charge on any atom is -0.300 e. The van der Waals surface area contributed by atoms with E-state index in [1.165, 1.54) is 0 Å². The van der Waals surface area contributed by atoms with Gasteiger partial charge < -0.3 is 0 Å². The van der Waals surface area contributed by atoms with Crippen LogP contribution in [0, 0.1) is 0 Å². The molecule has 0 aromatic rings. The van der Waals surface area contributed by atoms with Crippen LogP contribution < -0.4 is 5.48 Å². The third kappa shape index (κ3) is 1.30. The molecule has 62 valence electrons. The molecule has 2 aliphatic rings. The molecule has 0 aromatic carbocycles. The molecular weight excluding hydrogens is 142 g/mol. The Morgan fingerprint density at radius 2 is 2.00 bits per heavy atom. The van der Waals surface area contributed by atoms with Gasteiger partial charge >= 0.3 is 0 Å². The van der Waals surface area contributed by atoms with Gasteiger partial charge in [0.15, 0.2) is 0 Å². The highest BCUT2D eigenvalue weighted by atomic mass is 16.7. The van der Waals surface area contributed by atoms with E-state index in [4.69, 9.17) is 4.84 Å². The lowest BCUT2D eigenvalue weighted by atomic mass is 9.82. The normalized spacial score (nSPS) is 29.6. The molecule has 2 rings (SSSR count). The van der Waals surface area contributed by atoms with Crippen molar-refractivity contribution in [2.45, 2.75) is 37.7 Å². The second kappa shape index (κ2) is 2.57. The van der Waals surface area contributed by atoms with Crippen LogP contribution in [-0.4, -0.2) is 17.9 Å². The fourth-order valence-corrected chi connectivity index (χ4v) is 1.87. The van der Waals surface area contributed by atoms with Gasteiger partial charge in [-0.2, -0.15) is 0 Å². The number of carbonyl (C=O) groups excluding carboxylic acids is 1. The van der Waals surface area contributed by atoms with E-state index in [1.807, 2.05) is 0 Å². The highest BCUT2D eigenvalue weighted by molar-refractivity contribution is 5.79. The van der Waals surface area contributed by atoms with Crippen molar-refractivity contribution in [2.75, 3.05) is 6.54 Å². The molecule has 0 atom stereocenters. The van der Waals surface area contributed by atoms with E-state index in [9.17, 15) is 4.79 Å². The minimum absolute atomic E-state index is 0.0217. The first kappa shape index (κ1) is 7.25. The number of hydrogen-bond donors (Lipinski definition) is 1. The Balaban J connectivity index is 1.99. The first-order chi connectivity index (χ1) is 5.31. The number of carbonyl (C=O) groups is 1. The maximum absolute atomic E-state index is 10.9. The second-order valence-electron chi connectivity index (χ2n) is 3.47. The van der Waals surface area contributed by atoms with Gasteiger partial charge in [-0.3, -0.25) is 9.63 Å². The predicted octanol–water partition coefficient (Wildman–Crippen LogP) is 0.793. The summed E-state index contributed by atoms with van der Waals surface area (Å²) in [5.74, 6) is 0.395. The lowest BCUT2D eigenvalue weighted by Crippen LogP contribution is -2.34. The maximum Gasteiger partial charge on any atom is 0.133 e. The average molecular weight is 155 g/mol. The zero-order valence-corrected chi connectivity index (χ0v) is 6.56. The number of Topliss-reactive ketones (excluding diaryl/α,β-unsaturated/α-hetero) is 1. The molecule has 3 nitrogen and oxygen atoms in total. The minimum atomic E-state index is 0.0217. The van der Waals surface area contributed by atoms with E-state index in [0.717, 1.165) is 25.8 Å². The van der Waals surface area contributed by atoms with Crippen molar-refractivity contribution in [3.8, 4) is 0 Å². The molecule has 0 unspecified atom stereocenters. The van der Waals surface area contributed by atoms with Crippen LogP contribution in [0.1, 0.15) is 32.1 Å². The second-order valence-corrected chi connectivity index (χ2v) is 3.47. The zero-order valence-electron chi connectivity index (χ0n) is 6.56. The van der Waals surface area contributed by atoms with Gasteiger partial charge in [-0.25, -0.2) is 5.48 Å². The molecule has 1 aliphatic carbocycles. The molecule has 1 aliphatic heterocycles. The van der Waals surface area contributed by atoms with E-state index in [2.05, 4.69) is 5.48 Å². The maximum atomic E-state index is 10.9. The molecule has 1 saturated carbocycles. The van der Waals surface area contributed by atoms with Crippen LogP contribution in [0.3, 0.4) is 0 Å². The summed E-state index contributed by atoms with van der Waals surface area (Å²) in [5.41, 5.74) is 2.91. The van der Waals surface area contributed by atoms with Gasteiger partial charge in [0.1, 0.15) is 5.78 Å². The molecule has 1 spiro atoms. The molecular formula is C8H13NO2. The molecule has 0 radical (unpaired) electrons. The molecule has 2 fully saturated rings. The van der Waals surface area contributed by atoms with Crippen molar-refractivity contribution >= 4 is 5.78 Å². The lowest BCUT2D eigenvalue weighted by Gasteiger charge is -2.29. The predicted molar refractivity (Wildman–Crippen MR) is 39.9 cm³/mol. The van der Waals surface area contributed by atoms with Crippen LogP contribution in [0.15, 0.2) is 0 Å². The number of hydroxylamine groups is 1. The van der Waals surface area contributed by atoms with Crippen LogP contribution >= 0.6 is 0 Å². The smallest absolute Gasteiger partial charge is 0.133 e. The average Bonchev–Trinajstić information content (AvgIpc) is 2.45. The third-order valence-electron chi connectivity index (χ3n) is 2.69. The van der Waals surface area contributed by atoms with Gasteiger partial charge in [0.05, 0.1) is 5.60 Å². The van der Waals surface area contributed by atoms with Crippen molar-refractivity contribution in [3.05, 3.63) is 0 Å². The summed E-state index contributed by atoms with van der Waals surface area (Å²) >= 11 is 0. The summed E-state index contributed by atoms with van der Waals surface area (Å²) < 4.78 is 0. The van der Waals surface area contributed by atoms with E-state index in [1.54, 1.807) is 0 Å². The van der Waals surface area contributed by atoms with E-state index in [0.29, 0.717) is 18.6 Å². The van der Waals surface area contributed by atoms with Gasteiger partial charge in [-0.1, -0.05) is 0 Å². The molecule has 1 heterocycles. The molecule has 3 heteroatoms. The van der Waals surface area contributed by atoms with Crippen LogP contribution in [0.25, 0.3) is 0 Å². The standard InChI is InChI=1S/C8H13NO2/c10-7-1-3-8(4-2-7)5-6-9-11-8/h9H,1-6H2. The van der Waals surface area contributed by atoms with E-state index < -0.39 is 0 Å². The number of hydrogen-bond acceptors (Lipinski definition) is 3. The summed E-state index contributed by atoms with van der Waals surface area (Å²) in [6.07, 6.45) is 4.32. The fraction of sp³-hybridized carbons (Fsp3) is 0.875. The number of nitrogens with one attached hydrogen (secondary N) is 1.